The van der Waals surface area contributed by atoms with Crippen molar-refractivity contribution >= 4 is 16.8 Å². The Labute approximate surface area is 91.8 Å². The van der Waals surface area contributed by atoms with Gasteiger partial charge < -0.3 is 9.45 Å². The third-order valence-electron chi connectivity index (χ3n) is 1.41. The zero-order valence-electron chi connectivity index (χ0n) is 7.85. The summed E-state index contributed by atoms with van der Waals surface area (Å²) >= 11 is -2.23. The third kappa shape index (κ3) is 3.49. The Morgan fingerprint density at radius 3 is 2.38 bits per heavy atom. The zero-order valence-corrected chi connectivity index (χ0v) is 8.67. The molecule has 66 valence electrons. The first-order chi connectivity index (χ1) is 5.61. The molecule has 1 aromatic heterocycles. The van der Waals surface area contributed by atoms with Crippen LogP contribution in [0.2, 0.25) is 0 Å². The molecular formula is C7H9LiN2O2S. The number of nitrogens with zero attached hydrogens (tertiary/aromatic N) is 2. The van der Waals surface area contributed by atoms with Crippen LogP contribution in [-0.4, -0.2) is 27.8 Å². The zero-order chi connectivity index (χ0) is 9.14. The second-order valence-electron chi connectivity index (χ2n) is 2.48. The summed E-state index contributed by atoms with van der Waals surface area (Å²) in [6, 6.07) is 3.18. The van der Waals surface area contributed by atoms with Crippen molar-refractivity contribution < 1.29 is 27.6 Å². The molecule has 0 saturated carbocycles. The van der Waals surface area contributed by atoms with Gasteiger partial charge in [-0.2, -0.15) is 0 Å². The molecule has 0 saturated heterocycles. The molecule has 0 aliphatic rings. The van der Waals surface area contributed by atoms with Gasteiger partial charge in [0.05, 0.1) is 11.9 Å². The smallest absolute Gasteiger partial charge is 0.767 e. The minimum atomic E-state index is -2.23. The van der Waals surface area contributed by atoms with Gasteiger partial charge in [0.1, 0.15) is 5.03 Å². The molecule has 13 heavy (non-hydrogen) atoms. The van der Waals surface area contributed by atoms with Crippen LogP contribution < -0.4 is 23.8 Å². The number of rotatable bonds is 2. The monoisotopic (exact) mass is 192 g/mol. The van der Waals surface area contributed by atoms with Crippen LogP contribution >= 0.6 is 0 Å². The van der Waals surface area contributed by atoms with Gasteiger partial charge in [-0.1, -0.05) is 0 Å². The van der Waals surface area contributed by atoms with Gasteiger partial charge >= 0.3 is 18.9 Å². The molecule has 0 aliphatic carbocycles. The van der Waals surface area contributed by atoms with Crippen molar-refractivity contribution in [2.75, 3.05) is 19.0 Å². The maximum absolute atomic E-state index is 10.4. The van der Waals surface area contributed by atoms with Gasteiger partial charge in [0.2, 0.25) is 0 Å². The van der Waals surface area contributed by atoms with Crippen molar-refractivity contribution in [3.05, 3.63) is 18.3 Å². The van der Waals surface area contributed by atoms with E-state index in [-0.39, 0.29) is 23.9 Å². The number of hydrogen-bond donors (Lipinski definition) is 0. The van der Waals surface area contributed by atoms with E-state index in [4.69, 9.17) is 0 Å². The van der Waals surface area contributed by atoms with Gasteiger partial charge in [0, 0.05) is 14.1 Å². The summed E-state index contributed by atoms with van der Waals surface area (Å²) < 4.78 is 20.8. The second kappa shape index (κ2) is 5.40. The average Bonchev–Trinajstić information content (AvgIpc) is 2.04. The number of hydrogen-bond acceptors (Lipinski definition) is 4. The van der Waals surface area contributed by atoms with Gasteiger partial charge in [-0.3, -0.25) is 4.21 Å². The van der Waals surface area contributed by atoms with Gasteiger partial charge in [-0.05, 0) is 23.2 Å². The SMILES string of the molecule is CN(C)c1ccc(S(=O)[O-])nc1.[Li+]. The Kier molecular flexibility index (Phi) is 5.26. The Hall–Kier alpha value is -0.343. The van der Waals surface area contributed by atoms with E-state index in [2.05, 4.69) is 4.98 Å². The first-order valence-electron chi connectivity index (χ1n) is 3.34. The topological polar surface area (TPSA) is 56.3 Å². The second-order valence-corrected chi connectivity index (χ2v) is 3.37. The van der Waals surface area contributed by atoms with Crippen molar-refractivity contribution in [3.63, 3.8) is 0 Å². The maximum Gasteiger partial charge on any atom is 1.00 e. The third-order valence-corrected chi connectivity index (χ3v) is 1.99. The van der Waals surface area contributed by atoms with Crippen LogP contribution in [0.5, 0.6) is 0 Å². The molecule has 0 aliphatic heterocycles. The summed E-state index contributed by atoms with van der Waals surface area (Å²) in [5, 5.41) is 0.0700. The Morgan fingerprint density at radius 2 is 2.08 bits per heavy atom. The van der Waals surface area contributed by atoms with Gasteiger partial charge in [-0.25, -0.2) is 4.98 Å². The molecule has 0 N–H and O–H groups in total. The molecule has 0 aromatic carbocycles. The maximum atomic E-state index is 10.4. The number of aromatic nitrogens is 1. The summed E-state index contributed by atoms with van der Waals surface area (Å²) in [6.07, 6.45) is 1.52. The van der Waals surface area contributed by atoms with Crippen molar-refractivity contribution in [2.24, 2.45) is 0 Å². The van der Waals surface area contributed by atoms with Crippen molar-refractivity contribution in [2.45, 2.75) is 5.03 Å². The Bertz CT molecular complexity index is 289. The molecule has 1 unspecified atom stereocenters. The normalized spacial score (nSPS) is 11.6. The van der Waals surface area contributed by atoms with E-state index in [1.807, 2.05) is 19.0 Å². The van der Waals surface area contributed by atoms with E-state index in [1.165, 1.54) is 12.3 Å². The summed E-state index contributed by atoms with van der Waals surface area (Å²) in [5.74, 6) is 0. The van der Waals surface area contributed by atoms with E-state index in [1.54, 1.807) is 6.07 Å². The van der Waals surface area contributed by atoms with E-state index in [0.29, 0.717) is 0 Å². The molecule has 1 atom stereocenters. The van der Waals surface area contributed by atoms with E-state index < -0.39 is 11.1 Å². The van der Waals surface area contributed by atoms with Crippen molar-refractivity contribution in [1.82, 2.24) is 4.98 Å². The molecule has 0 bridgehead atoms. The molecule has 1 heterocycles. The Balaban J connectivity index is 0.00000144. The predicted molar refractivity (Wildman–Crippen MR) is 45.7 cm³/mol. The van der Waals surface area contributed by atoms with Crippen molar-refractivity contribution in [1.29, 1.82) is 0 Å². The molecule has 6 heteroatoms. The molecule has 1 aromatic rings. The van der Waals surface area contributed by atoms with Gasteiger partial charge in [0.15, 0.2) is 0 Å². The average molecular weight is 192 g/mol. The molecule has 0 amide bonds. The summed E-state index contributed by atoms with van der Waals surface area (Å²) in [4.78, 5) is 5.60. The molecular weight excluding hydrogens is 183 g/mol. The Morgan fingerprint density at radius 1 is 1.46 bits per heavy atom. The van der Waals surface area contributed by atoms with E-state index in [0.717, 1.165) is 5.69 Å². The fraction of sp³-hybridized carbons (Fsp3) is 0.286. The van der Waals surface area contributed by atoms with Crippen LogP contribution in [0.4, 0.5) is 5.69 Å². The molecule has 4 nitrogen and oxygen atoms in total. The number of anilines is 1. The van der Waals surface area contributed by atoms with Crippen LogP contribution in [0, 0.1) is 0 Å². The fourth-order valence-electron chi connectivity index (χ4n) is 0.736. The van der Waals surface area contributed by atoms with Crippen LogP contribution in [0.15, 0.2) is 23.4 Å². The first kappa shape index (κ1) is 12.7. The predicted octanol–water partition coefficient (Wildman–Crippen LogP) is -2.61. The minimum Gasteiger partial charge on any atom is -0.767 e. The fourth-order valence-corrected chi connectivity index (χ4v) is 1.05. The number of pyridine rings is 1. The summed E-state index contributed by atoms with van der Waals surface area (Å²) in [7, 11) is 3.73. The van der Waals surface area contributed by atoms with Crippen LogP contribution in [0.3, 0.4) is 0 Å². The molecule has 1 rings (SSSR count). The van der Waals surface area contributed by atoms with Gasteiger partial charge in [0.25, 0.3) is 0 Å². The van der Waals surface area contributed by atoms with Crippen LogP contribution in [0.1, 0.15) is 0 Å². The molecule has 0 radical (unpaired) electrons. The largest absolute Gasteiger partial charge is 1.00 e. The van der Waals surface area contributed by atoms with Gasteiger partial charge in [-0.15, -0.1) is 0 Å². The minimum absolute atomic E-state index is 0. The first-order valence-corrected chi connectivity index (χ1v) is 4.41. The van der Waals surface area contributed by atoms with Crippen LogP contribution in [0.25, 0.3) is 0 Å². The molecule has 0 spiro atoms. The van der Waals surface area contributed by atoms with Crippen molar-refractivity contribution in [3.8, 4) is 0 Å². The molecule has 0 fully saturated rings. The summed E-state index contributed by atoms with van der Waals surface area (Å²) in [5.41, 5.74) is 0.879. The summed E-state index contributed by atoms with van der Waals surface area (Å²) in [6.45, 7) is 0. The van der Waals surface area contributed by atoms with E-state index >= 15 is 0 Å². The van der Waals surface area contributed by atoms with E-state index in [9.17, 15) is 8.76 Å². The van der Waals surface area contributed by atoms with Crippen LogP contribution in [-0.2, 0) is 11.1 Å². The standard InChI is InChI=1S/C7H10N2O2S.Li/c1-9(2)6-3-4-7(8-5-6)12(10)11;/h3-5H,1-2H3,(H,10,11);/q;+1/p-1. The quantitative estimate of drug-likeness (QED) is 0.380.